The van der Waals surface area contributed by atoms with Gasteiger partial charge in [-0.3, -0.25) is 4.79 Å². The van der Waals surface area contributed by atoms with Gasteiger partial charge in [0.15, 0.2) is 0 Å². The number of piperidine rings is 1. The van der Waals surface area contributed by atoms with Crippen molar-refractivity contribution in [1.29, 1.82) is 0 Å². The Balaban J connectivity index is 1.89. The van der Waals surface area contributed by atoms with Crippen molar-refractivity contribution in [3.05, 3.63) is 23.5 Å². The fourth-order valence-electron chi connectivity index (χ4n) is 2.96. The van der Waals surface area contributed by atoms with E-state index in [9.17, 15) is 9.59 Å². The van der Waals surface area contributed by atoms with Gasteiger partial charge < -0.3 is 19.7 Å². The maximum atomic E-state index is 12.9. The van der Waals surface area contributed by atoms with Crippen LogP contribution in [-0.2, 0) is 9.53 Å². The van der Waals surface area contributed by atoms with Crippen LogP contribution in [0.4, 0.5) is 4.79 Å². The molecule has 1 N–H and O–H groups in total. The largest absolute Gasteiger partial charge is 0.489 e. The van der Waals surface area contributed by atoms with Gasteiger partial charge in [-0.1, -0.05) is 25.4 Å². The highest BCUT2D eigenvalue weighted by molar-refractivity contribution is 6.29. The molecule has 2 rings (SSSR count). The lowest BCUT2D eigenvalue weighted by molar-refractivity contribution is -0.136. The van der Waals surface area contributed by atoms with Gasteiger partial charge in [0, 0.05) is 25.9 Å². The zero-order chi connectivity index (χ0) is 20.9. The van der Waals surface area contributed by atoms with Gasteiger partial charge in [0.1, 0.15) is 28.6 Å². The Kier molecular flexibility index (Phi) is 7.52. The predicted octanol–water partition coefficient (Wildman–Crippen LogP) is 3.65. The summed E-state index contributed by atoms with van der Waals surface area (Å²) in [6.07, 6.45) is 2.47. The summed E-state index contributed by atoms with van der Waals surface area (Å²) < 4.78 is 11.2. The average Bonchev–Trinajstić information content (AvgIpc) is 2.60. The van der Waals surface area contributed by atoms with E-state index in [4.69, 9.17) is 21.1 Å². The minimum atomic E-state index is -0.618. The van der Waals surface area contributed by atoms with Gasteiger partial charge in [0.05, 0.1) is 6.20 Å². The molecule has 0 aromatic carbocycles. The van der Waals surface area contributed by atoms with Crippen LogP contribution < -0.4 is 10.1 Å². The van der Waals surface area contributed by atoms with Crippen molar-refractivity contribution in [3.8, 4) is 5.75 Å². The predicted molar refractivity (Wildman–Crippen MR) is 107 cm³/mol. The summed E-state index contributed by atoms with van der Waals surface area (Å²) in [6, 6.07) is 2.85. The van der Waals surface area contributed by atoms with Gasteiger partial charge in [0.2, 0.25) is 5.91 Å². The molecule has 0 spiro atoms. The molecule has 1 saturated heterocycles. The minimum absolute atomic E-state index is 0.0170. The molecule has 28 heavy (non-hydrogen) atoms. The number of nitrogens with zero attached hydrogens (tertiary/aromatic N) is 2. The molecule has 0 saturated carbocycles. The topological polar surface area (TPSA) is 80.8 Å². The van der Waals surface area contributed by atoms with Gasteiger partial charge >= 0.3 is 6.09 Å². The van der Waals surface area contributed by atoms with Crippen molar-refractivity contribution < 1.29 is 19.1 Å². The van der Waals surface area contributed by atoms with Crippen LogP contribution in [0.1, 0.15) is 47.5 Å². The standard InChI is InChI=1S/C20H30ClN3O4/c1-13(2)17(23-19(26)28-20(3,4)5)18(25)24-10-8-14(9-11-24)27-15-6-7-16(21)22-12-15/h6-7,12-14,17H,8-11H2,1-5H3,(H,23,26)/t17-/m0/s1. The van der Waals surface area contributed by atoms with Crippen LogP contribution >= 0.6 is 11.6 Å². The van der Waals surface area contributed by atoms with Gasteiger partial charge in [-0.05, 0) is 38.8 Å². The van der Waals surface area contributed by atoms with Gasteiger partial charge in [-0.2, -0.15) is 0 Å². The van der Waals surface area contributed by atoms with E-state index in [0.717, 1.165) is 0 Å². The van der Waals surface area contributed by atoms with E-state index in [-0.39, 0.29) is 17.9 Å². The number of halogens is 1. The summed E-state index contributed by atoms with van der Waals surface area (Å²) >= 11 is 5.79. The average molecular weight is 412 g/mol. The molecule has 1 aromatic heterocycles. The molecule has 1 aliphatic rings. The monoisotopic (exact) mass is 411 g/mol. The zero-order valence-electron chi connectivity index (χ0n) is 17.2. The Hall–Kier alpha value is -2.02. The first-order chi connectivity index (χ1) is 13.0. The number of ether oxygens (including phenoxy) is 2. The summed E-state index contributed by atoms with van der Waals surface area (Å²) in [5.41, 5.74) is -0.610. The van der Waals surface area contributed by atoms with Crippen LogP contribution in [0.15, 0.2) is 18.3 Å². The van der Waals surface area contributed by atoms with Crippen molar-refractivity contribution in [3.63, 3.8) is 0 Å². The molecule has 8 heteroatoms. The summed E-state index contributed by atoms with van der Waals surface area (Å²) in [5, 5.41) is 3.14. The molecule has 156 valence electrons. The molecular weight excluding hydrogens is 382 g/mol. The SMILES string of the molecule is CC(C)[C@H](NC(=O)OC(C)(C)C)C(=O)N1CCC(Oc2ccc(Cl)nc2)CC1. The number of alkyl carbamates (subject to hydrolysis) is 1. The third-order valence-electron chi connectivity index (χ3n) is 4.36. The molecular formula is C20H30ClN3O4. The van der Waals surface area contributed by atoms with Crippen LogP contribution in [-0.4, -0.2) is 52.7 Å². The van der Waals surface area contributed by atoms with Crippen LogP contribution in [0, 0.1) is 5.92 Å². The fourth-order valence-corrected chi connectivity index (χ4v) is 3.08. The smallest absolute Gasteiger partial charge is 0.408 e. The summed E-state index contributed by atoms with van der Waals surface area (Å²) in [4.78, 5) is 30.8. The molecule has 1 fully saturated rings. The van der Waals surface area contributed by atoms with E-state index in [1.54, 1.807) is 44.0 Å². The van der Waals surface area contributed by atoms with Crippen molar-refractivity contribution in [2.45, 2.75) is 65.2 Å². The highest BCUT2D eigenvalue weighted by Gasteiger charge is 2.32. The van der Waals surface area contributed by atoms with Crippen LogP contribution in [0.2, 0.25) is 5.15 Å². The molecule has 0 bridgehead atoms. The van der Waals surface area contributed by atoms with E-state index >= 15 is 0 Å². The van der Waals surface area contributed by atoms with Crippen molar-refractivity contribution in [1.82, 2.24) is 15.2 Å². The van der Waals surface area contributed by atoms with Gasteiger partial charge in [-0.15, -0.1) is 0 Å². The summed E-state index contributed by atoms with van der Waals surface area (Å²) in [5.74, 6) is 0.530. The molecule has 1 aromatic rings. The maximum Gasteiger partial charge on any atom is 0.408 e. The molecule has 0 radical (unpaired) electrons. The van der Waals surface area contributed by atoms with Gasteiger partial charge in [0.25, 0.3) is 0 Å². The number of hydrogen-bond donors (Lipinski definition) is 1. The molecule has 7 nitrogen and oxygen atoms in total. The number of rotatable bonds is 5. The van der Waals surface area contributed by atoms with Crippen LogP contribution in [0.3, 0.4) is 0 Å². The second-order valence-corrected chi connectivity index (χ2v) is 8.71. The number of nitrogens with one attached hydrogen (secondary N) is 1. The van der Waals surface area contributed by atoms with E-state index in [0.29, 0.717) is 36.8 Å². The van der Waals surface area contributed by atoms with Crippen molar-refractivity contribution >= 4 is 23.6 Å². The first-order valence-corrected chi connectivity index (χ1v) is 9.99. The lowest BCUT2D eigenvalue weighted by Gasteiger charge is -2.35. The highest BCUT2D eigenvalue weighted by atomic mass is 35.5. The van der Waals surface area contributed by atoms with Gasteiger partial charge in [-0.25, -0.2) is 9.78 Å². The lowest BCUT2D eigenvalue weighted by Crippen LogP contribution is -2.54. The van der Waals surface area contributed by atoms with E-state index in [1.165, 1.54) is 0 Å². The first kappa shape index (κ1) is 22.3. The zero-order valence-corrected chi connectivity index (χ0v) is 18.0. The first-order valence-electron chi connectivity index (χ1n) is 9.61. The summed E-state index contributed by atoms with van der Waals surface area (Å²) in [6.45, 7) is 10.3. The minimum Gasteiger partial charge on any atom is -0.489 e. The number of carbonyl (C=O) groups excluding carboxylic acids is 2. The lowest BCUT2D eigenvalue weighted by atomic mass is 10.0. The highest BCUT2D eigenvalue weighted by Crippen LogP contribution is 2.21. The van der Waals surface area contributed by atoms with Crippen LogP contribution in [0.5, 0.6) is 5.75 Å². The Morgan fingerprint density at radius 1 is 1.25 bits per heavy atom. The number of hydrogen-bond acceptors (Lipinski definition) is 5. The van der Waals surface area contributed by atoms with Crippen molar-refractivity contribution in [2.75, 3.05) is 13.1 Å². The third-order valence-corrected chi connectivity index (χ3v) is 4.59. The molecule has 2 amide bonds. The maximum absolute atomic E-state index is 12.9. The molecule has 1 atom stereocenters. The third kappa shape index (κ3) is 6.86. The normalized spacial score (nSPS) is 16.6. The van der Waals surface area contributed by atoms with Crippen molar-refractivity contribution in [2.24, 2.45) is 5.92 Å². The fraction of sp³-hybridized carbons (Fsp3) is 0.650. The Morgan fingerprint density at radius 2 is 1.89 bits per heavy atom. The molecule has 2 heterocycles. The van der Waals surface area contributed by atoms with Crippen LogP contribution in [0.25, 0.3) is 0 Å². The Bertz CT molecular complexity index is 665. The Morgan fingerprint density at radius 3 is 2.39 bits per heavy atom. The summed E-state index contributed by atoms with van der Waals surface area (Å²) in [7, 11) is 0. The number of amides is 2. The van der Waals surface area contributed by atoms with E-state index in [1.807, 2.05) is 13.8 Å². The number of aromatic nitrogens is 1. The van der Waals surface area contributed by atoms with E-state index < -0.39 is 17.7 Å². The molecule has 0 aliphatic carbocycles. The number of pyridine rings is 1. The van der Waals surface area contributed by atoms with E-state index in [2.05, 4.69) is 10.3 Å². The second kappa shape index (κ2) is 9.45. The number of likely N-dealkylation sites (tertiary alicyclic amines) is 1. The second-order valence-electron chi connectivity index (χ2n) is 8.33. The molecule has 1 aliphatic heterocycles. The number of carbonyl (C=O) groups is 2. The Labute approximate surface area is 171 Å². The quantitative estimate of drug-likeness (QED) is 0.748. The molecule has 0 unspecified atom stereocenters.